The first kappa shape index (κ1) is 12.9. The SMILES string of the molecule is O=C1CC(N2C(=O)c3cccc([N+](=O)[O-])c3C2=O)C(=O)N1. The number of imide groups is 2. The molecule has 0 bridgehead atoms. The van der Waals surface area contributed by atoms with E-state index in [-0.39, 0.29) is 17.5 Å². The van der Waals surface area contributed by atoms with Gasteiger partial charge >= 0.3 is 0 Å². The van der Waals surface area contributed by atoms with Gasteiger partial charge in [0.15, 0.2) is 0 Å². The number of fused-ring (bicyclic) bond motifs is 1. The second-order valence-electron chi connectivity index (χ2n) is 4.57. The summed E-state index contributed by atoms with van der Waals surface area (Å²) in [6.45, 7) is 0. The summed E-state index contributed by atoms with van der Waals surface area (Å²) in [6, 6.07) is 2.40. The van der Waals surface area contributed by atoms with Gasteiger partial charge < -0.3 is 0 Å². The molecular formula is C12H7N3O6. The van der Waals surface area contributed by atoms with E-state index in [0.717, 1.165) is 6.07 Å². The van der Waals surface area contributed by atoms with Crippen molar-refractivity contribution in [2.45, 2.75) is 12.5 Å². The molecule has 1 N–H and O–H groups in total. The molecule has 4 amide bonds. The molecule has 1 aromatic rings. The zero-order chi connectivity index (χ0) is 15.3. The fourth-order valence-electron chi connectivity index (χ4n) is 2.47. The molecule has 2 aliphatic heterocycles. The smallest absolute Gasteiger partial charge is 0.282 e. The lowest BCUT2D eigenvalue weighted by atomic mass is 10.1. The molecular weight excluding hydrogens is 282 g/mol. The summed E-state index contributed by atoms with van der Waals surface area (Å²) >= 11 is 0. The number of hydrogen-bond acceptors (Lipinski definition) is 6. The Labute approximate surface area is 116 Å². The lowest BCUT2D eigenvalue weighted by molar-refractivity contribution is -0.385. The standard InChI is InChI=1S/C12H7N3O6/c16-8-4-7(10(17)13-8)14-11(18)5-2-1-3-6(15(20)21)9(5)12(14)19/h1-3,7H,4H2,(H,13,16,17). The maximum atomic E-state index is 12.3. The molecule has 1 unspecified atom stereocenters. The van der Waals surface area contributed by atoms with Gasteiger partial charge in [0.25, 0.3) is 17.5 Å². The molecule has 1 atom stereocenters. The molecule has 0 aromatic heterocycles. The van der Waals surface area contributed by atoms with Gasteiger partial charge in [-0.05, 0) is 6.07 Å². The Bertz CT molecular complexity index is 741. The number of nitro groups is 1. The Morgan fingerprint density at radius 1 is 1.19 bits per heavy atom. The number of carbonyl (C=O) groups excluding carboxylic acids is 4. The summed E-state index contributed by atoms with van der Waals surface area (Å²) in [5.41, 5.74) is -0.987. The third-order valence-electron chi connectivity index (χ3n) is 3.38. The van der Waals surface area contributed by atoms with E-state index in [2.05, 4.69) is 0 Å². The van der Waals surface area contributed by atoms with Crippen LogP contribution < -0.4 is 5.32 Å². The molecule has 106 valence electrons. The van der Waals surface area contributed by atoms with Crippen molar-refractivity contribution in [1.82, 2.24) is 10.2 Å². The van der Waals surface area contributed by atoms with Crippen molar-refractivity contribution in [2.24, 2.45) is 0 Å². The van der Waals surface area contributed by atoms with Crippen molar-refractivity contribution in [3.8, 4) is 0 Å². The lowest BCUT2D eigenvalue weighted by Gasteiger charge is -2.18. The van der Waals surface area contributed by atoms with E-state index < -0.39 is 40.3 Å². The van der Waals surface area contributed by atoms with Crippen LogP contribution in [0.1, 0.15) is 27.1 Å². The van der Waals surface area contributed by atoms with Gasteiger partial charge in [0.1, 0.15) is 11.6 Å². The van der Waals surface area contributed by atoms with Crippen molar-refractivity contribution in [2.75, 3.05) is 0 Å². The molecule has 1 fully saturated rings. The average Bonchev–Trinajstić information content (AvgIpc) is 2.88. The van der Waals surface area contributed by atoms with E-state index in [1.54, 1.807) is 0 Å². The molecule has 0 aliphatic carbocycles. The average molecular weight is 289 g/mol. The quantitative estimate of drug-likeness (QED) is 0.448. The van der Waals surface area contributed by atoms with E-state index >= 15 is 0 Å². The van der Waals surface area contributed by atoms with Crippen LogP contribution in [0.3, 0.4) is 0 Å². The summed E-state index contributed by atoms with van der Waals surface area (Å²) in [5.74, 6) is -3.11. The molecule has 1 saturated heterocycles. The summed E-state index contributed by atoms with van der Waals surface area (Å²) in [4.78, 5) is 58.1. The topological polar surface area (TPSA) is 127 Å². The van der Waals surface area contributed by atoms with Crippen LogP contribution in [-0.4, -0.2) is 39.5 Å². The number of nitrogens with one attached hydrogen (secondary N) is 1. The summed E-state index contributed by atoms with van der Waals surface area (Å²) in [5, 5.41) is 12.9. The Balaban J connectivity index is 2.09. The zero-order valence-corrected chi connectivity index (χ0v) is 10.4. The lowest BCUT2D eigenvalue weighted by Crippen LogP contribution is -2.44. The summed E-state index contributed by atoms with van der Waals surface area (Å²) in [6.07, 6.45) is -0.335. The predicted molar refractivity (Wildman–Crippen MR) is 65.2 cm³/mol. The van der Waals surface area contributed by atoms with E-state index in [4.69, 9.17) is 0 Å². The van der Waals surface area contributed by atoms with Crippen LogP contribution in [0.5, 0.6) is 0 Å². The minimum absolute atomic E-state index is 0.138. The molecule has 1 aromatic carbocycles. The van der Waals surface area contributed by atoms with E-state index in [1.165, 1.54) is 12.1 Å². The number of hydrogen-bond donors (Lipinski definition) is 1. The second kappa shape index (κ2) is 4.20. The maximum absolute atomic E-state index is 12.3. The number of rotatable bonds is 2. The summed E-state index contributed by atoms with van der Waals surface area (Å²) in [7, 11) is 0. The molecule has 21 heavy (non-hydrogen) atoms. The molecule has 9 heteroatoms. The fourth-order valence-corrected chi connectivity index (χ4v) is 2.47. The molecule has 3 rings (SSSR count). The normalized spacial score (nSPS) is 20.8. The van der Waals surface area contributed by atoms with Gasteiger partial charge in [0, 0.05) is 6.07 Å². The van der Waals surface area contributed by atoms with Gasteiger partial charge in [0.05, 0.1) is 16.9 Å². The number of carbonyl (C=O) groups is 4. The van der Waals surface area contributed by atoms with Crippen molar-refractivity contribution in [3.63, 3.8) is 0 Å². The molecule has 0 spiro atoms. The molecule has 2 aliphatic rings. The Morgan fingerprint density at radius 2 is 1.90 bits per heavy atom. The van der Waals surface area contributed by atoms with Crippen LogP contribution in [0.2, 0.25) is 0 Å². The number of nitrogens with zero attached hydrogens (tertiary/aromatic N) is 2. The molecule has 0 radical (unpaired) electrons. The van der Waals surface area contributed by atoms with E-state index in [9.17, 15) is 29.3 Å². The fraction of sp³-hybridized carbons (Fsp3) is 0.167. The first-order valence-electron chi connectivity index (χ1n) is 5.91. The third-order valence-corrected chi connectivity index (χ3v) is 3.38. The van der Waals surface area contributed by atoms with Gasteiger partial charge in [-0.3, -0.25) is 39.5 Å². The van der Waals surface area contributed by atoms with Crippen LogP contribution in [0.15, 0.2) is 18.2 Å². The first-order valence-corrected chi connectivity index (χ1v) is 5.91. The molecule has 0 saturated carbocycles. The predicted octanol–water partition coefficient (Wildman–Crippen LogP) is -0.394. The highest BCUT2D eigenvalue weighted by Crippen LogP contribution is 2.33. The van der Waals surface area contributed by atoms with Gasteiger partial charge in [-0.25, -0.2) is 0 Å². The number of benzene rings is 1. The monoisotopic (exact) mass is 289 g/mol. The Kier molecular flexibility index (Phi) is 2.58. The zero-order valence-electron chi connectivity index (χ0n) is 10.4. The van der Waals surface area contributed by atoms with Crippen LogP contribution in [0.25, 0.3) is 0 Å². The van der Waals surface area contributed by atoms with Crippen molar-refractivity contribution in [3.05, 3.63) is 39.4 Å². The van der Waals surface area contributed by atoms with Gasteiger partial charge in [-0.1, -0.05) is 6.07 Å². The van der Waals surface area contributed by atoms with Crippen LogP contribution in [0, 0.1) is 10.1 Å². The van der Waals surface area contributed by atoms with Gasteiger partial charge in [-0.2, -0.15) is 0 Å². The van der Waals surface area contributed by atoms with Crippen molar-refractivity contribution in [1.29, 1.82) is 0 Å². The minimum Gasteiger partial charge on any atom is -0.295 e. The Hall–Kier alpha value is -3.10. The van der Waals surface area contributed by atoms with Gasteiger partial charge in [0.2, 0.25) is 11.8 Å². The largest absolute Gasteiger partial charge is 0.295 e. The van der Waals surface area contributed by atoms with E-state index in [0.29, 0.717) is 4.90 Å². The molecule has 2 heterocycles. The maximum Gasteiger partial charge on any atom is 0.282 e. The highest BCUT2D eigenvalue weighted by Gasteiger charge is 2.49. The van der Waals surface area contributed by atoms with Crippen molar-refractivity contribution >= 4 is 29.3 Å². The summed E-state index contributed by atoms with van der Waals surface area (Å²) < 4.78 is 0. The minimum atomic E-state index is -1.26. The molecule has 9 nitrogen and oxygen atoms in total. The second-order valence-corrected chi connectivity index (χ2v) is 4.57. The van der Waals surface area contributed by atoms with Crippen LogP contribution in [0.4, 0.5) is 5.69 Å². The highest BCUT2D eigenvalue weighted by molar-refractivity contribution is 6.25. The highest BCUT2D eigenvalue weighted by atomic mass is 16.6. The number of amides is 4. The van der Waals surface area contributed by atoms with Crippen LogP contribution in [-0.2, 0) is 9.59 Å². The van der Waals surface area contributed by atoms with E-state index in [1.807, 2.05) is 5.32 Å². The van der Waals surface area contributed by atoms with Gasteiger partial charge in [-0.15, -0.1) is 0 Å². The third kappa shape index (κ3) is 1.71. The first-order chi connectivity index (χ1) is 9.91. The van der Waals surface area contributed by atoms with Crippen molar-refractivity contribution < 1.29 is 24.1 Å². The number of nitro benzene ring substituents is 1. The van der Waals surface area contributed by atoms with Crippen LogP contribution >= 0.6 is 0 Å². The Morgan fingerprint density at radius 3 is 2.48 bits per heavy atom.